The van der Waals surface area contributed by atoms with E-state index < -0.39 is 11.6 Å². The van der Waals surface area contributed by atoms with Crippen LogP contribution in [0.3, 0.4) is 0 Å². The highest BCUT2D eigenvalue weighted by atomic mass is 19.1. The Morgan fingerprint density at radius 3 is 2.53 bits per heavy atom. The molecule has 0 bridgehead atoms. The molecule has 5 N–H and O–H groups in total. The summed E-state index contributed by atoms with van der Waals surface area (Å²) in [6.45, 7) is 0.500. The molecular weight excluding hydrogens is 258 g/mol. The third-order valence-corrected chi connectivity index (χ3v) is 2.17. The number of carbonyl (C=O) groups excluding carboxylic acids is 1. The van der Waals surface area contributed by atoms with Gasteiger partial charge in [-0.15, -0.1) is 0 Å². The minimum atomic E-state index is -0.883. The Hall–Kier alpha value is -2.16. The number of hydrogen-bond donors (Lipinski definition) is 4. The fourth-order valence-electron chi connectivity index (χ4n) is 1.20. The van der Waals surface area contributed by atoms with E-state index in [4.69, 9.17) is 5.84 Å². The Kier molecular flexibility index (Phi) is 5.24. The topological polar surface area (TPSA) is 95.3 Å². The number of aromatic nitrogens is 1. The molecule has 2 amide bonds. The van der Waals surface area contributed by atoms with Gasteiger partial charge >= 0.3 is 6.03 Å². The molecule has 0 aliphatic carbocycles. The van der Waals surface area contributed by atoms with Crippen molar-refractivity contribution < 1.29 is 13.6 Å². The van der Waals surface area contributed by atoms with Crippen LogP contribution in [0.2, 0.25) is 0 Å². The van der Waals surface area contributed by atoms with E-state index in [2.05, 4.69) is 15.6 Å². The summed E-state index contributed by atoms with van der Waals surface area (Å²) in [5.74, 6) is 2.90. The van der Waals surface area contributed by atoms with Crippen LogP contribution in [0.4, 0.5) is 25.2 Å². The van der Waals surface area contributed by atoms with Crippen molar-refractivity contribution in [2.45, 2.75) is 0 Å². The molecule has 0 saturated heterocycles. The molecule has 106 valence electrons. The largest absolute Gasteiger partial charge is 0.366 e. The lowest BCUT2D eigenvalue weighted by molar-refractivity contribution is 0.218. The minimum absolute atomic E-state index is 0.145. The first-order valence-electron chi connectivity index (χ1n) is 5.47. The number of nitrogens with two attached hydrogens (primary N) is 1. The normalized spacial score (nSPS) is 9.95. The van der Waals surface area contributed by atoms with Gasteiger partial charge in [0, 0.05) is 33.3 Å². The van der Waals surface area contributed by atoms with Crippen LogP contribution in [0.15, 0.2) is 6.07 Å². The summed E-state index contributed by atoms with van der Waals surface area (Å²) in [7, 11) is 3.20. The molecule has 1 heterocycles. The van der Waals surface area contributed by atoms with Crippen molar-refractivity contribution in [3.63, 3.8) is 0 Å². The number of hydrazine groups is 1. The number of nitrogen functional groups attached to an aromatic ring is 1. The molecular formula is C10H16F2N6O. The molecule has 0 radical (unpaired) electrons. The number of nitrogens with one attached hydrogen (secondary N) is 3. The van der Waals surface area contributed by atoms with Crippen molar-refractivity contribution in [2.75, 3.05) is 37.9 Å². The molecule has 0 atom stereocenters. The maximum absolute atomic E-state index is 13.4. The van der Waals surface area contributed by atoms with Gasteiger partial charge in [-0.05, 0) is 0 Å². The van der Waals surface area contributed by atoms with Crippen LogP contribution >= 0.6 is 0 Å². The zero-order chi connectivity index (χ0) is 14.4. The van der Waals surface area contributed by atoms with Gasteiger partial charge in [0.2, 0.25) is 0 Å². The lowest BCUT2D eigenvalue weighted by Gasteiger charge is -2.13. The van der Waals surface area contributed by atoms with Crippen molar-refractivity contribution in [2.24, 2.45) is 5.84 Å². The van der Waals surface area contributed by atoms with Crippen LogP contribution in [-0.2, 0) is 0 Å². The second-order valence-electron chi connectivity index (χ2n) is 3.85. The van der Waals surface area contributed by atoms with Crippen LogP contribution in [0.1, 0.15) is 0 Å². The fourth-order valence-corrected chi connectivity index (χ4v) is 1.20. The Morgan fingerprint density at radius 2 is 1.95 bits per heavy atom. The van der Waals surface area contributed by atoms with E-state index in [1.54, 1.807) is 14.1 Å². The van der Waals surface area contributed by atoms with Gasteiger partial charge in [-0.1, -0.05) is 0 Å². The molecule has 1 aromatic heterocycles. The highest BCUT2D eigenvalue weighted by molar-refractivity contribution is 5.73. The number of anilines is 2. The number of carbonyl (C=O) groups is 1. The molecule has 0 fully saturated rings. The molecule has 19 heavy (non-hydrogen) atoms. The summed E-state index contributed by atoms with van der Waals surface area (Å²) >= 11 is 0. The number of rotatable bonds is 5. The van der Waals surface area contributed by atoms with E-state index in [1.807, 2.05) is 5.43 Å². The Morgan fingerprint density at radius 1 is 1.32 bits per heavy atom. The maximum Gasteiger partial charge on any atom is 0.316 e. The first-order chi connectivity index (χ1) is 8.95. The lowest BCUT2D eigenvalue weighted by Crippen LogP contribution is -2.37. The highest BCUT2D eigenvalue weighted by Gasteiger charge is 2.10. The van der Waals surface area contributed by atoms with E-state index >= 15 is 0 Å². The predicted octanol–water partition coefficient (Wildman–Crippen LogP) is 0.328. The molecule has 0 aliphatic rings. The third-order valence-electron chi connectivity index (χ3n) is 2.17. The van der Waals surface area contributed by atoms with Crippen molar-refractivity contribution >= 4 is 17.7 Å². The van der Waals surface area contributed by atoms with Crippen molar-refractivity contribution in [1.29, 1.82) is 0 Å². The van der Waals surface area contributed by atoms with Crippen LogP contribution in [-0.4, -0.2) is 43.1 Å². The van der Waals surface area contributed by atoms with Crippen molar-refractivity contribution in [1.82, 2.24) is 15.2 Å². The monoisotopic (exact) mass is 274 g/mol. The van der Waals surface area contributed by atoms with Crippen LogP contribution < -0.4 is 21.9 Å². The second kappa shape index (κ2) is 6.69. The zero-order valence-electron chi connectivity index (χ0n) is 10.6. The van der Waals surface area contributed by atoms with E-state index in [0.717, 1.165) is 0 Å². The summed E-state index contributed by atoms with van der Waals surface area (Å²) in [6, 6.07) is 0.404. The summed E-state index contributed by atoms with van der Waals surface area (Å²) < 4.78 is 26.4. The van der Waals surface area contributed by atoms with E-state index in [-0.39, 0.29) is 30.8 Å². The van der Waals surface area contributed by atoms with Gasteiger partial charge in [0.05, 0.1) is 0 Å². The molecule has 0 aliphatic heterocycles. The summed E-state index contributed by atoms with van der Waals surface area (Å²) in [5.41, 5.74) is 2.02. The quantitative estimate of drug-likeness (QED) is 0.352. The van der Waals surface area contributed by atoms with E-state index in [1.165, 1.54) is 4.90 Å². The molecule has 0 saturated carbocycles. The van der Waals surface area contributed by atoms with E-state index in [9.17, 15) is 13.6 Å². The van der Waals surface area contributed by atoms with Gasteiger partial charge in [-0.2, -0.15) is 0 Å². The molecule has 7 nitrogen and oxygen atoms in total. The molecule has 9 heteroatoms. The van der Waals surface area contributed by atoms with Crippen LogP contribution in [0.5, 0.6) is 0 Å². The zero-order valence-corrected chi connectivity index (χ0v) is 10.6. The van der Waals surface area contributed by atoms with Crippen molar-refractivity contribution in [3.8, 4) is 0 Å². The first-order valence-corrected chi connectivity index (χ1v) is 5.47. The average Bonchev–Trinajstić information content (AvgIpc) is 2.36. The molecule has 0 spiro atoms. The summed E-state index contributed by atoms with van der Waals surface area (Å²) in [6.07, 6.45) is 0. The lowest BCUT2D eigenvalue weighted by atomic mass is 10.4. The molecule has 0 unspecified atom stereocenters. The third kappa shape index (κ3) is 4.21. The SMILES string of the molecule is CN(C)C(=O)NCCNc1nc(NN)c(F)cc1F. The second-order valence-corrected chi connectivity index (χ2v) is 3.85. The van der Waals surface area contributed by atoms with Crippen LogP contribution in [0, 0.1) is 11.6 Å². The highest BCUT2D eigenvalue weighted by Crippen LogP contribution is 2.17. The predicted molar refractivity (Wildman–Crippen MR) is 67.5 cm³/mol. The summed E-state index contributed by atoms with van der Waals surface area (Å²) in [5, 5.41) is 5.20. The number of amides is 2. The van der Waals surface area contributed by atoms with Gasteiger partial charge in [0.1, 0.15) is 0 Å². The average molecular weight is 274 g/mol. The number of nitrogens with zero attached hydrogens (tertiary/aromatic N) is 2. The fraction of sp³-hybridized carbons (Fsp3) is 0.400. The molecule has 1 rings (SSSR count). The van der Waals surface area contributed by atoms with Crippen molar-refractivity contribution in [3.05, 3.63) is 17.7 Å². The smallest absolute Gasteiger partial charge is 0.316 e. The Bertz CT molecular complexity index is 454. The first kappa shape index (κ1) is 14.9. The van der Waals surface area contributed by atoms with Gasteiger partial charge in [-0.25, -0.2) is 24.4 Å². The number of pyridine rings is 1. The molecule has 1 aromatic rings. The van der Waals surface area contributed by atoms with Gasteiger partial charge in [0.15, 0.2) is 23.3 Å². The Balaban J connectivity index is 2.52. The minimum Gasteiger partial charge on any atom is -0.366 e. The standard InChI is InChI=1S/C10H16F2N6O/c1-18(2)10(19)15-4-3-14-8-6(11)5-7(12)9(16-8)17-13/h5H,3-4,13H2,1-2H3,(H,15,19)(H2,14,16,17). The number of halogens is 2. The van der Waals surface area contributed by atoms with Gasteiger partial charge in [-0.3, -0.25) is 0 Å². The van der Waals surface area contributed by atoms with Gasteiger partial charge in [0.25, 0.3) is 0 Å². The maximum atomic E-state index is 13.4. The molecule has 0 aromatic carbocycles. The Labute approximate surface area is 109 Å². The summed E-state index contributed by atoms with van der Waals surface area (Å²) in [4.78, 5) is 16.2. The van der Waals surface area contributed by atoms with Crippen LogP contribution in [0.25, 0.3) is 0 Å². The number of hydrogen-bond acceptors (Lipinski definition) is 5. The number of urea groups is 1. The van der Waals surface area contributed by atoms with Gasteiger partial charge < -0.3 is 21.0 Å². The van der Waals surface area contributed by atoms with E-state index in [0.29, 0.717) is 6.07 Å².